The van der Waals surface area contributed by atoms with Gasteiger partial charge in [-0.15, -0.1) is 0 Å². The van der Waals surface area contributed by atoms with E-state index in [4.69, 9.17) is 0 Å². The van der Waals surface area contributed by atoms with Gasteiger partial charge in [-0.05, 0) is 12.8 Å². The van der Waals surface area contributed by atoms with E-state index in [1.165, 1.54) is 0 Å². The summed E-state index contributed by atoms with van der Waals surface area (Å²) in [7, 11) is 0. The van der Waals surface area contributed by atoms with Crippen LogP contribution in [0.25, 0.3) is 0 Å². The van der Waals surface area contributed by atoms with Crippen molar-refractivity contribution in [1.29, 1.82) is 0 Å². The molecule has 0 heterocycles. The Kier molecular flexibility index (Phi) is 6.88. The Hall–Kier alpha value is -1.12. The maximum Gasteiger partial charge on any atom is 0.317 e. The summed E-state index contributed by atoms with van der Waals surface area (Å²) in [5, 5.41) is 0. The lowest BCUT2D eigenvalue weighted by Gasteiger charge is -1.98. The van der Waals surface area contributed by atoms with Crippen LogP contribution < -0.4 is 0 Å². The van der Waals surface area contributed by atoms with Crippen molar-refractivity contribution >= 4 is 11.9 Å². The number of carbonyl (C=O) groups excluding carboxylic acids is 2. The Morgan fingerprint density at radius 2 is 1.85 bits per heavy atom. The minimum atomic E-state index is -0.469. The number of hydrogen-bond donors (Lipinski definition) is 0. The number of carbonyl (C=O) groups is 2. The zero-order valence-electron chi connectivity index (χ0n) is 8.21. The van der Waals surface area contributed by atoms with Crippen LogP contribution in [0, 0.1) is 0 Å². The molecule has 0 fully saturated rings. The van der Waals surface area contributed by atoms with Crippen LogP contribution >= 0.6 is 0 Å². The molecule has 0 atom stereocenters. The summed E-state index contributed by atoms with van der Waals surface area (Å²) < 4.78 is 4.51. The van der Waals surface area contributed by atoms with Crippen molar-refractivity contribution in [2.45, 2.75) is 39.5 Å². The maximum atomic E-state index is 10.9. The van der Waals surface area contributed by atoms with Crippen molar-refractivity contribution in [3.05, 3.63) is 12.2 Å². The van der Waals surface area contributed by atoms with E-state index in [0.717, 1.165) is 6.42 Å². The van der Waals surface area contributed by atoms with Crippen molar-refractivity contribution in [1.82, 2.24) is 0 Å². The van der Waals surface area contributed by atoms with Crippen molar-refractivity contribution in [2.75, 3.05) is 0 Å². The van der Waals surface area contributed by atoms with Gasteiger partial charge in [0.15, 0.2) is 0 Å². The zero-order valence-corrected chi connectivity index (χ0v) is 8.21. The van der Waals surface area contributed by atoms with E-state index in [9.17, 15) is 9.59 Å². The fourth-order valence-electron chi connectivity index (χ4n) is 0.770. The summed E-state index contributed by atoms with van der Waals surface area (Å²) in [6.07, 6.45) is 5.66. The van der Waals surface area contributed by atoms with Crippen LogP contribution in [0.15, 0.2) is 12.2 Å². The molecule has 0 rings (SSSR count). The molecule has 0 saturated heterocycles. The first-order chi connectivity index (χ1) is 6.20. The molecular weight excluding hydrogens is 168 g/mol. The van der Waals surface area contributed by atoms with Gasteiger partial charge in [0, 0.05) is 6.42 Å². The molecule has 0 aromatic carbocycles. The van der Waals surface area contributed by atoms with Gasteiger partial charge >= 0.3 is 11.9 Å². The van der Waals surface area contributed by atoms with Gasteiger partial charge in [0.05, 0.1) is 6.42 Å². The smallest absolute Gasteiger partial charge is 0.317 e. The monoisotopic (exact) mass is 184 g/mol. The summed E-state index contributed by atoms with van der Waals surface area (Å²) in [5.41, 5.74) is 0. The normalized spacial score (nSPS) is 10.3. The molecule has 74 valence electrons. The molecule has 3 nitrogen and oxygen atoms in total. The number of allylic oxidation sites excluding steroid dienone is 1. The maximum absolute atomic E-state index is 10.9. The summed E-state index contributed by atoms with van der Waals surface area (Å²) >= 11 is 0. The first-order valence-corrected chi connectivity index (χ1v) is 4.59. The first kappa shape index (κ1) is 11.9. The lowest BCUT2D eigenvalue weighted by atomic mass is 10.3. The second kappa shape index (κ2) is 7.53. The van der Waals surface area contributed by atoms with Crippen molar-refractivity contribution in [3.8, 4) is 0 Å². The second-order valence-electron chi connectivity index (χ2n) is 2.68. The van der Waals surface area contributed by atoms with E-state index in [-0.39, 0.29) is 6.42 Å². The standard InChI is InChI=1S/C10H16O3/c1-3-5-6-8-10(12)13-9(11)7-4-2/h5-6H,3-4,7-8H2,1-2H3/b6-5-. The highest BCUT2D eigenvalue weighted by Crippen LogP contribution is 1.95. The molecular formula is C10H16O3. The molecule has 0 amide bonds. The summed E-state index contributed by atoms with van der Waals surface area (Å²) in [5.74, 6) is -0.902. The summed E-state index contributed by atoms with van der Waals surface area (Å²) in [6, 6.07) is 0. The highest BCUT2D eigenvalue weighted by Gasteiger charge is 2.06. The average molecular weight is 184 g/mol. The quantitative estimate of drug-likeness (QED) is 0.374. The van der Waals surface area contributed by atoms with Crippen LogP contribution in [0.1, 0.15) is 39.5 Å². The van der Waals surface area contributed by atoms with E-state index in [1.807, 2.05) is 19.9 Å². The number of hydrogen-bond acceptors (Lipinski definition) is 3. The number of rotatable bonds is 5. The van der Waals surface area contributed by atoms with Gasteiger partial charge in [-0.3, -0.25) is 9.59 Å². The van der Waals surface area contributed by atoms with Crippen molar-refractivity contribution in [3.63, 3.8) is 0 Å². The third kappa shape index (κ3) is 7.25. The molecule has 0 N–H and O–H groups in total. The second-order valence-corrected chi connectivity index (χ2v) is 2.68. The van der Waals surface area contributed by atoms with Gasteiger partial charge in [0.2, 0.25) is 0 Å². The van der Waals surface area contributed by atoms with Gasteiger partial charge in [-0.25, -0.2) is 0 Å². The molecule has 0 aromatic heterocycles. The van der Waals surface area contributed by atoms with Crippen LogP contribution in [-0.4, -0.2) is 11.9 Å². The molecule has 0 aliphatic rings. The van der Waals surface area contributed by atoms with Crippen molar-refractivity contribution in [2.24, 2.45) is 0 Å². The van der Waals surface area contributed by atoms with Crippen LogP contribution in [0.5, 0.6) is 0 Å². The highest BCUT2D eigenvalue weighted by atomic mass is 16.6. The van der Waals surface area contributed by atoms with Gasteiger partial charge in [0.1, 0.15) is 0 Å². The Morgan fingerprint density at radius 1 is 1.15 bits per heavy atom. The molecule has 0 unspecified atom stereocenters. The molecule has 0 bridgehead atoms. The zero-order chi connectivity index (χ0) is 10.1. The molecule has 0 aliphatic carbocycles. The Morgan fingerprint density at radius 3 is 2.38 bits per heavy atom. The van der Waals surface area contributed by atoms with Crippen LogP contribution in [-0.2, 0) is 14.3 Å². The Labute approximate surface area is 78.8 Å². The highest BCUT2D eigenvalue weighted by molar-refractivity contribution is 5.86. The topological polar surface area (TPSA) is 43.4 Å². The van der Waals surface area contributed by atoms with Gasteiger partial charge in [-0.1, -0.05) is 26.0 Å². The summed E-state index contributed by atoms with van der Waals surface area (Å²) in [4.78, 5) is 21.7. The first-order valence-electron chi connectivity index (χ1n) is 4.59. The van der Waals surface area contributed by atoms with Crippen LogP contribution in [0.2, 0.25) is 0 Å². The lowest BCUT2D eigenvalue weighted by Crippen LogP contribution is -2.10. The molecule has 0 radical (unpaired) electrons. The largest absolute Gasteiger partial charge is 0.393 e. The van der Waals surface area contributed by atoms with Crippen molar-refractivity contribution < 1.29 is 14.3 Å². The minimum Gasteiger partial charge on any atom is -0.393 e. The predicted molar refractivity (Wildman–Crippen MR) is 50.1 cm³/mol. The molecule has 13 heavy (non-hydrogen) atoms. The fraction of sp³-hybridized carbons (Fsp3) is 0.600. The molecule has 3 heteroatoms. The molecule has 0 saturated carbocycles. The lowest BCUT2D eigenvalue weighted by molar-refractivity contribution is -0.159. The predicted octanol–water partition coefficient (Wildman–Crippen LogP) is 2.21. The average Bonchev–Trinajstić information content (AvgIpc) is 2.05. The SMILES string of the molecule is CC/C=C\CC(=O)OC(=O)CCC. The van der Waals surface area contributed by atoms with E-state index >= 15 is 0 Å². The Balaban J connectivity index is 3.62. The van der Waals surface area contributed by atoms with Crippen LogP contribution in [0.4, 0.5) is 0 Å². The Bertz CT molecular complexity index is 194. The van der Waals surface area contributed by atoms with E-state index in [0.29, 0.717) is 12.8 Å². The van der Waals surface area contributed by atoms with Gasteiger partial charge in [-0.2, -0.15) is 0 Å². The van der Waals surface area contributed by atoms with Crippen LogP contribution in [0.3, 0.4) is 0 Å². The molecule has 0 aliphatic heterocycles. The van der Waals surface area contributed by atoms with Gasteiger partial charge in [0.25, 0.3) is 0 Å². The molecule has 0 spiro atoms. The van der Waals surface area contributed by atoms with E-state index < -0.39 is 11.9 Å². The summed E-state index contributed by atoms with van der Waals surface area (Å²) in [6.45, 7) is 3.84. The third-order valence-corrected chi connectivity index (χ3v) is 1.37. The fourth-order valence-corrected chi connectivity index (χ4v) is 0.770. The minimum absolute atomic E-state index is 0.184. The van der Waals surface area contributed by atoms with E-state index in [2.05, 4.69) is 4.74 Å². The number of esters is 2. The third-order valence-electron chi connectivity index (χ3n) is 1.37. The molecule has 0 aromatic rings. The van der Waals surface area contributed by atoms with Gasteiger partial charge < -0.3 is 4.74 Å². The van der Waals surface area contributed by atoms with E-state index in [1.54, 1.807) is 6.08 Å². The number of ether oxygens (including phenoxy) is 1.